The highest BCUT2D eigenvalue weighted by atomic mass is 16.1. The van der Waals surface area contributed by atoms with E-state index in [9.17, 15) is 4.79 Å². The number of hydrogen-bond donors (Lipinski definition) is 3. The van der Waals surface area contributed by atoms with E-state index in [4.69, 9.17) is 0 Å². The summed E-state index contributed by atoms with van der Waals surface area (Å²) in [6.45, 7) is 4.18. The Bertz CT molecular complexity index is 1340. The maximum atomic E-state index is 11.6. The third kappa shape index (κ3) is 3.02. The van der Waals surface area contributed by atoms with Gasteiger partial charge in [0.25, 0.3) is 0 Å². The van der Waals surface area contributed by atoms with E-state index in [2.05, 4.69) is 55.3 Å². The lowest BCUT2D eigenvalue weighted by Gasteiger charge is -2.13. The number of carbonyl (C=O) groups is 1. The maximum absolute atomic E-state index is 11.6. The fraction of sp³-hybridized carbons (Fsp3) is 0.125. The molecule has 0 saturated heterocycles. The highest BCUT2D eigenvalue weighted by molar-refractivity contribution is 6.09. The molecule has 5 rings (SSSR count). The van der Waals surface area contributed by atoms with Crippen LogP contribution in [0.25, 0.3) is 33.4 Å². The molecule has 0 fully saturated rings. The second-order valence-electron chi connectivity index (χ2n) is 7.45. The molecule has 154 valence electrons. The zero-order valence-corrected chi connectivity index (χ0v) is 17.4. The lowest BCUT2D eigenvalue weighted by molar-refractivity contribution is -0.111. The van der Waals surface area contributed by atoms with Crippen LogP contribution in [-0.4, -0.2) is 27.5 Å². The molecule has 2 aromatic heterocycles. The van der Waals surface area contributed by atoms with E-state index in [-0.39, 0.29) is 5.91 Å². The van der Waals surface area contributed by atoms with Crippen molar-refractivity contribution in [3.8, 4) is 22.4 Å². The average Bonchev–Trinajstić information content (AvgIpc) is 3.00. The van der Waals surface area contributed by atoms with Gasteiger partial charge in [-0.1, -0.05) is 24.8 Å². The summed E-state index contributed by atoms with van der Waals surface area (Å²) in [7, 11) is 3.94. The zero-order valence-electron chi connectivity index (χ0n) is 17.4. The quantitative estimate of drug-likeness (QED) is 0.435. The van der Waals surface area contributed by atoms with Gasteiger partial charge in [0, 0.05) is 37.6 Å². The van der Waals surface area contributed by atoms with Gasteiger partial charge in [-0.05, 0) is 47.0 Å². The van der Waals surface area contributed by atoms with E-state index in [1.165, 1.54) is 11.6 Å². The second-order valence-corrected chi connectivity index (χ2v) is 7.45. The fourth-order valence-electron chi connectivity index (χ4n) is 4.21. The number of benzene rings is 2. The average molecular weight is 410 g/mol. The molecule has 0 unspecified atom stereocenters. The van der Waals surface area contributed by atoms with Crippen LogP contribution in [0.15, 0.2) is 61.4 Å². The molecule has 1 amide bonds. The molecule has 0 radical (unpaired) electrons. The Labute approximate surface area is 179 Å². The van der Waals surface area contributed by atoms with Crippen molar-refractivity contribution in [2.24, 2.45) is 7.05 Å². The molecule has 3 N–H and O–H groups in total. The van der Waals surface area contributed by atoms with Crippen molar-refractivity contribution in [2.75, 3.05) is 23.0 Å². The molecule has 0 saturated carbocycles. The minimum Gasteiger partial charge on any atom is -0.388 e. The van der Waals surface area contributed by atoms with Gasteiger partial charge in [0.1, 0.15) is 17.8 Å². The molecule has 7 heteroatoms. The summed E-state index contributed by atoms with van der Waals surface area (Å²) in [5.74, 6) is 0.600. The second kappa shape index (κ2) is 7.28. The number of hydrogen-bond acceptors (Lipinski definition) is 5. The number of aryl methyl sites for hydroxylation is 1. The molecule has 31 heavy (non-hydrogen) atoms. The van der Waals surface area contributed by atoms with Gasteiger partial charge < -0.3 is 20.5 Å². The van der Waals surface area contributed by atoms with Gasteiger partial charge in [-0.25, -0.2) is 9.97 Å². The van der Waals surface area contributed by atoms with Gasteiger partial charge in [0.2, 0.25) is 5.91 Å². The SMILES string of the molecule is C=CC(=O)Nc1ccc(-c2c3c4c(ncnc4n2C)NCc2cc(NC)ccc2-3)cc1. The van der Waals surface area contributed by atoms with E-state index in [0.29, 0.717) is 6.54 Å². The molecule has 0 atom stereocenters. The Kier molecular flexibility index (Phi) is 4.43. The van der Waals surface area contributed by atoms with Gasteiger partial charge in [-0.2, -0.15) is 0 Å². The monoisotopic (exact) mass is 410 g/mol. The molecule has 4 aromatic rings. The minimum absolute atomic E-state index is 0.232. The Balaban J connectivity index is 1.75. The third-order valence-electron chi connectivity index (χ3n) is 5.69. The van der Waals surface area contributed by atoms with Crippen molar-refractivity contribution < 1.29 is 4.79 Å². The van der Waals surface area contributed by atoms with E-state index in [0.717, 1.165) is 50.6 Å². The molecule has 0 aliphatic carbocycles. The Morgan fingerprint density at radius 3 is 2.68 bits per heavy atom. The Hall–Kier alpha value is -4.13. The number of fused-ring (bicyclic) bond motifs is 2. The summed E-state index contributed by atoms with van der Waals surface area (Å²) in [4.78, 5) is 20.7. The summed E-state index contributed by atoms with van der Waals surface area (Å²) in [5, 5.41) is 10.5. The molecule has 2 aromatic carbocycles. The number of carbonyl (C=O) groups excluding carboxylic acids is 1. The lowest BCUT2D eigenvalue weighted by Crippen LogP contribution is -2.07. The van der Waals surface area contributed by atoms with Crippen LogP contribution in [0.5, 0.6) is 0 Å². The number of aromatic nitrogens is 3. The molecule has 3 heterocycles. The van der Waals surface area contributed by atoms with Gasteiger partial charge in [-0.3, -0.25) is 4.79 Å². The van der Waals surface area contributed by atoms with Crippen molar-refractivity contribution >= 4 is 34.1 Å². The predicted octanol–water partition coefficient (Wildman–Crippen LogP) is 4.39. The maximum Gasteiger partial charge on any atom is 0.247 e. The van der Waals surface area contributed by atoms with Gasteiger partial charge in [-0.15, -0.1) is 0 Å². The first-order valence-electron chi connectivity index (χ1n) is 10.0. The standard InChI is InChI=1S/C24H22N6O/c1-4-19(31)29-16-7-5-14(6-8-16)22-20-18-10-9-17(25-2)11-15(18)12-26-23-21(20)24(30(22)3)28-13-27-23/h4-11,13,25H,1,12H2,2-3H3,(H,29,31)(H,26,27,28). The number of nitrogens with zero attached hydrogens (tertiary/aromatic N) is 3. The summed E-state index contributed by atoms with van der Waals surface area (Å²) >= 11 is 0. The topological polar surface area (TPSA) is 83.9 Å². The molecule has 1 aliphatic heterocycles. The van der Waals surface area contributed by atoms with Crippen LogP contribution in [0.1, 0.15) is 5.56 Å². The van der Waals surface area contributed by atoms with Gasteiger partial charge >= 0.3 is 0 Å². The van der Waals surface area contributed by atoms with Crippen LogP contribution in [0.4, 0.5) is 17.2 Å². The largest absolute Gasteiger partial charge is 0.388 e. The first-order chi connectivity index (χ1) is 15.1. The van der Waals surface area contributed by atoms with Crippen LogP contribution >= 0.6 is 0 Å². The smallest absolute Gasteiger partial charge is 0.247 e. The van der Waals surface area contributed by atoms with Crippen molar-refractivity contribution in [1.82, 2.24) is 14.5 Å². The van der Waals surface area contributed by atoms with Crippen molar-refractivity contribution in [3.63, 3.8) is 0 Å². The van der Waals surface area contributed by atoms with Crippen molar-refractivity contribution in [2.45, 2.75) is 6.54 Å². The van der Waals surface area contributed by atoms with Gasteiger partial charge in [0.05, 0.1) is 11.1 Å². The number of anilines is 3. The van der Waals surface area contributed by atoms with Crippen LogP contribution in [0.2, 0.25) is 0 Å². The molecule has 0 bridgehead atoms. The molecule has 7 nitrogen and oxygen atoms in total. The number of nitrogens with one attached hydrogen (secondary N) is 3. The summed E-state index contributed by atoms with van der Waals surface area (Å²) < 4.78 is 2.11. The van der Waals surface area contributed by atoms with Crippen LogP contribution in [0.3, 0.4) is 0 Å². The Morgan fingerprint density at radius 2 is 1.94 bits per heavy atom. The van der Waals surface area contributed by atoms with Gasteiger partial charge in [0.15, 0.2) is 0 Å². The van der Waals surface area contributed by atoms with E-state index >= 15 is 0 Å². The minimum atomic E-state index is -0.232. The van der Waals surface area contributed by atoms with Crippen LogP contribution in [0, 0.1) is 0 Å². The van der Waals surface area contributed by atoms with Crippen LogP contribution < -0.4 is 16.0 Å². The molecule has 1 aliphatic rings. The third-order valence-corrected chi connectivity index (χ3v) is 5.69. The van der Waals surface area contributed by atoms with E-state index < -0.39 is 0 Å². The zero-order chi connectivity index (χ0) is 21.5. The lowest BCUT2D eigenvalue weighted by atomic mass is 9.95. The normalized spacial score (nSPS) is 11.9. The first-order valence-corrected chi connectivity index (χ1v) is 10.0. The number of amides is 1. The van der Waals surface area contributed by atoms with Crippen molar-refractivity contribution in [1.29, 1.82) is 0 Å². The molecular weight excluding hydrogens is 388 g/mol. The van der Waals surface area contributed by atoms with E-state index in [1.807, 2.05) is 38.4 Å². The summed E-state index contributed by atoms with van der Waals surface area (Å²) in [5.41, 5.74) is 8.20. The Morgan fingerprint density at radius 1 is 1.16 bits per heavy atom. The van der Waals surface area contributed by atoms with Crippen LogP contribution in [-0.2, 0) is 18.4 Å². The molecular formula is C24H22N6O. The summed E-state index contributed by atoms with van der Waals surface area (Å²) in [6.07, 6.45) is 2.86. The van der Waals surface area contributed by atoms with E-state index in [1.54, 1.807) is 6.33 Å². The number of rotatable bonds is 4. The molecule has 0 spiro atoms. The van der Waals surface area contributed by atoms with Crippen molar-refractivity contribution in [3.05, 3.63) is 67.0 Å². The predicted molar refractivity (Wildman–Crippen MR) is 125 cm³/mol. The highest BCUT2D eigenvalue weighted by Crippen LogP contribution is 2.45. The fourth-order valence-corrected chi connectivity index (χ4v) is 4.21. The first kappa shape index (κ1) is 18.9. The summed E-state index contributed by atoms with van der Waals surface area (Å²) in [6, 6.07) is 14.2. The highest BCUT2D eigenvalue weighted by Gasteiger charge is 2.26.